The van der Waals surface area contributed by atoms with Crippen molar-refractivity contribution in [2.75, 3.05) is 6.54 Å². The lowest BCUT2D eigenvalue weighted by Gasteiger charge is -2.21. The molecule has 1 amide bonds. The number of likely N-dealkylation sites (tertiary alicyclic amines) is 1. The Bertz CT molecular complexity index is 716. The van der Waals surface area contributed by atoms with Crippen molar-refractivity contribution >= 4 is 11.9 Å². The van der Waals surface area contributed by atoms with E-state index in [4.69, 9.17) is 4.74 Å². The van der Waals surface area contributed by atoms with Crippen LogP contribution in [0.2, 0.25) is 0 Å². The first kappa shape index (κ1) is 16.0. The predicted octanol–water partition coefficient (Wildman–Crippen LogP) is 2.35. The van der Waals surface area contributed by atoms with E-state index in [-0.39, 0.29) is 5.91 Å². The standard InChI is InChI=1S/C18H18N2O4/c21-17(20-10-4-7-15(20)18(22)23)14-8-9-16(19-11-14)24-12-13-5-2-1-3-6-13/h1-3,5-6,8-9,11,15H,4,7,10,12H2,(H,22,23)/t15-/m1/s1. The molecule has 24 heavy (non-hydrogen) atoms. The highest BCUT2D eigenvalue weighted by Crippen LogP contribution is 2.21. The van der Waals surface area contributed by atoms with Crippen LogP contribution < -0.4 is 4.74 Å². The third-order valence-electron chi connectivity index (χ3n) is 4.01. The number of carbonyl (C=O) groups is 2. The first-order valence-electron chi connectivity index (χ1n) is 7.82. The zero-order valence-electron chi connectivity index (χ0n) is 13.1. The van der Waals surface area contributed by atoms with Gasteiger partial charge >= 0.3 is 5.97 Å². The first-order valence-corrected chi connectivity index (χ1v) is 7.82. The lowest BCUT2D eigenvalue weighted by Crippen LogP contribution is -2.40. The molecule has 2 heterocycles. The highest BCUT2D eigenvalue weighted by molar-refractivity contribution is 5.96. The van der Waals surface area contributed by atoms with Gasteiger partial charge in [-0.2, -0.15) is 0 Å². The number of carbonyl (C=O) groups excluding carboxylic acids is 1. The molecule has 6 nitrogen and oxygen atoms in total. The molecule has 0 saturated carbocycles. The van der Waals surface area contributed by atoms with E-state index in [1.54, 1.807) is 12.1 Å². The van der Waals surface area contributed by atoms with Crippen LogP contribution in [0.1, 0.15) is 28.8 Å². The maximum atomic E-state index is 12.4. The summed E-state index contributed by atoms with van der Waals surface area (Å²) in [6, 6.07) is 12.2. The van der Waals surface area contributed by atoms with Crippen molar-refractivity contribution in [2.24, 2.45) is 0 Å². The van der Waals surface area contributed by atoms with Gasteiger partial charge in [0.1, 0.15) is 12.6 Å². The smallest absolute Gasteiger partial charge is 0.326 e. The second-order valence-electron chi connectivity index (χ2n) is 5.65. The van der Waals surface area contributed by atoms with E-state index in [2.05, 4.69) is 4.98 Å². The third-order valence-corrected chi connectivity index (χ3v) is 4.01. The monoisotopic (exact) mass is 326 g/mol. The Morgan fingerprint density at radius 3 is 2.67 bits per heavy atom. The van der Waals surface area contributed by atoms with Crippen molar-refractivity contribution in [2.45, 2.75) is 25.5 Å². The zero-order valence-corrected chi connectivity index (χ0v) is 13.1. The Morgan fingerprint density at radius 2 is 2.00 bits per heavy atom. The van der Waals surface area contributed by atoms with E-state index >= 15 is 0 Å². The number of ether oxygens (including phenoxy) is 1. The Balaban J connectivity index is 1.63. The van der Waals surface area contributed by atoms with Crippen LogP contribution in [0.4, 0.5) is 0 Å². The van der Waals surface area contributed by atoms with E-state index in [1.165, 1.54) is 11.1 Å². The van der Waals surface area contributed by atoms with Crippen LogP contribution in [0.5, 0.6) is 5.88 Å². The van der Waals surface area contributed by atoms with E-state index in [9.17, 15) is 14.7 Å². The van der Waals surface area contributed by atoms with E-state index < -0.39 is 12.0 Å². The molecule has 1 aromatic carbocycles. The summed E-state index contributed by atoms with van der Waals surface area (Å²) in [6.07, 6.45) is 2.63. The summed E-state index contributed by atoms with van der Waals surface area (Å²) in [7, 11) is 0. The molecular weight excluding hydrogens is 308 g/mol. The van der Waals surface area contributed by atoms with Gasteiger partial charge in [-0.1, -0.05) is 30.3 Å². The van der Waals surface area contributed by atoms with Crippen LogP contribution in [0.25, 0.3) is 0 Å². The molecule has 1 saturated heterocycles. The maximum Gasteiger partial charge on any atom is 0.326 e. The minimum absolute atomic E-state index is 0.304. The van der Waals surface area contributed by atoms with Crippen LogP contribution in [-0.4, -0.2) is 39.5 Å². The van der Waals surface area contributed by atoms with Gasteiger partial charge < -0.3 is 14.7 Å². The predicted molar refractivity (Wildman–Crippen MR) is 86.7 cm³/mol. The number of amides is 1. The molecule has 2 aromatic rings. The number of hydrogen-bond donors (Lipinski definition) is 1. The number of aromatic nitrogens is 1. The number of carboxylic acids is 1. The number of rotatable bonds is 5. The average molecular weight is 326 g/mol. The molecule has 0 radical (unpaired) electrons. The lowest BCUT2D eigenvalue weighted by atomic mass is 10.2. The summed E-state index contributed by atoms with van der Waals surface area (Å²) in [4.78, 5) is 29.2. The van der Waals surface area contributed by atoms with Crippen LogP contribution >= 0.6 is 0 Å². The molecule has 0 bridgehead atoms. The first-order chi connectivity index (χ1) is 11.6. The molecule has 1 aliphatic rings. The van der Waals surface area contributed by atoms with E-state index in [0.717, 1.165) is 5.56 Å². The summed E-state index contributed by atoms with van der Waals surface area (Å²) in [6.45, 7) is 0.858. The molecule has 0 unspecified atom stereocenters. The van der Waals surface area contributed by atoms with Gasteiger partial charge in [-0.05, 0) is 24.5 Å². The molecule has 1 N–H and O–H groups in total. The molecule has 0 aliphatic carbocycles. The summed E-state index contributed by atoms with van der Waals surface area (Å²) in [5.41, 5.74) is 1.40. The minimum Gasteiger partial charge on any atom is -0.480 e. The summed E-state index contributed by atoms with van der Waals surface area (Å²) < 4.78 is 5.58. The van der Waals surface area contributed by atoms with E-state index in [0.29, 0.717) is 37.4 Å². The second kappa shape index (κ2) is 7.12. The molecule has 1 aliphatic heterocycles. The second-order valence-corrected chi connectivity index (χ2v) is 5.65. The fourth-order valence-electron chi connectivity index (χ4n) is 2.76. The maximum absolute atomic E-state index is 12.4. The third kappa shape index (κ3) is 3.53. The normalized spacial score (nSPS) is 16.8. The highest BCUT2D eigenvalue weighted by atomic mass is 16.5. The lowest BCUT2D eigenvalue weighted by molar-refractivity contribution is -0.141. The highest BCUT2D eigenvalue weighted by Gasteiger charge is 2.34. The van der Waals surface area contributed by atoms with Crippen molar-refractivity contribution in [3.05, 3.63) is 59.8 Å². The minimum atomic E-state index is -0.961. The van der Waals surface area contributed by atoms with Gasteiger partial charge in [-0.15, -0.1) is 0 Å². The molecule has 124 valence electrons. The Labute approximate surface area is 139 Å². The molecule has 0 spiro atoms. The van der Waals surface area contributed by atoms with Gasteiger partial charge in [-0.3, -0.25) is 4.79 Å². The van der Waals surface area contributed by atoms with Gasteiger partial charge in [0.25, 0.3) is 5.91 Å². The zero-order chi connectivity index (χ0) is 16.9. The van der Waals surface area contributed by atoms with Crippen LogP contribution in [0.15, 0.2) is 48.7 Å². The van der Waals surface area contributed by atoms with Crippen molar-refractivity contribution in [3.63, 3.8) is 0 Å². The molecule has 6 heteroatoms. The number of nitrogens with zero attached hydrogens (tertiary/aromatic N) is 2. The average Bonchev–Trinajstić information content (AvgIpc) is 3.11. The SMILES string of the molecule is O=C(O)[C@H]1CCCN1C(=O)c1ccc(OCc2ccccc2)nc1. The molecule has 1 atom stereocenters. The Kier molecular flexibility index (Phi) is 4.74. The van der Waals surface area contributed by atoms with Crippen LogP contribution in [0, 0.1) is 0 Å². The van der Waals surface area contributed by atoms with Gasteiger partial charge in [-0.25, -0.2) is 9.78 Å². The quantitative estimate of drug-likeness (QED) is 0.912. The molecular formula is C18H18N2O4. The summed E-state index contributed by atoms with van der Waals surface area (Å²) in [5, 5.41) is 9.17. The number of carboxylic acid groups (broad SMARTS) is 1. The van der Waals surface area contributed by atoms with Gasteiger partial charge in [0.05, 0.1) is 5.56 Å². The van der Waals surface area contributed by atoms with Crippen LogP contribution in [0.3, 0.4) is 0 Å². The van der Waals surface area contributed by atoms with Gasteiger partial charge in [0.15, 0.2) is 0 Å². The van der Waals surface area contributed by atoms with Crippen molar-refractivity contribution < 1.29 is 19.4 Å². The van der Waals surface area contributed by atoms with Crippen molar-refractivity contribution in [1.82, 2.24) is 9.88 Å². The molecule has 1 aromatic heterocycles. The summed E-state index contributed by atoms with van der Waals surface area (Å²) >= 11 is 0. The van der Waals surface area contributed by atoms with Gasteiger partial charge in [0, 0.05) is 18.8 Å². The Morgan fingerprint density at radius 1 is 1.21 bits per heavy atom. The fraction of sp³-hybridized carbons (Fsp3) is 0.278. The number of benzene rings is 1. The molecule has 1 fully saturated rings. The summed E-state index contributed by atoms with van der Waals surface area (Å²) in [5.74, 6) is -0.842. The van der Waals surface area contributed by atoms with Crippen molar-refractivity contribution in [1.29, 1.82) is 0 Å². The van der Waals surface area contributed by atoms with E-state index in [1.807, 2.05) is 30.3 Å². The van der Waals surface area contributed by atoms with Crippen molar-refractivity contribution in [3.8, 4) is 5.88 Å². The number of hydrogen-bond acceptors (Lipinski definition) is 4. The molecule has 3 rings (SSSR count). The number of pyridine rings is 1. The van der Waals surface area contributed by atoms with Crippen LogP contribution in [-0.2, 0) is 11.4 Å². The Hall–Kier alpha value is -2.89. The van der Waals surface area contributed by atoms with Gasteiger partial charge in [0.2, 0.25) is 5.88 Å². The topological polar surface area (TPSA) is 79.7 Å². The number of aliphatic carboxylic acids is 1. The fourth-order valence-corrected chi connectivity index (χ4v) is 2.76. The largest absolute Gasteiger partial charge is 0.480 e.